The average molecular weight is 583 g/mol. The van der Waals surface area contributed by atoms with Gasteiger partial charge in [0.25, 0.3) is 5.91 Å². The summed E-state index contributed by atoms with van der Waals surface area (Å²) in [5, 5.41) is 16.7. The molecule has 3 amide bonds. The van der Waals surface area contributed by atoms with Crippen molar-refractivity contribution in [1.29, 1.82) is 0 Å². The van der Waals surface area contributed by atoms with Crippen molar-refractivity contribution in [2.75, 3.05) is 12.8 Å². The highest BCUT2D eigenvalue weighted by Crippen LogP contribution is 2.35. The Hall–Kier alpha value is -2.14. The van der Waals surface area contributed by atoms with Crippen molar-refractivity contribution in [1.82, 2.24) is 15.5 Å². The van der Waals surface area contributed by atoms with Crippen molar-refractivity contribution in [3.63, 3.8) is 0 Å². The van der Waals surface area contributed by atoms with Gasteiger partial charge < -0.3 is 25.4 Å². The van der Waals surface area contributed by atoms with Gasteiger partial charge in [-0.3, -0.25) is 19.4 Å². The van der Waals surface area contributed by atoms with Gasteiger partial charge in [-0.15, -0.1) is 11.8 Å². The molecule has 2 aliphatic rings. The fourth-order valence-corrected chi connectivity index (χ4v) is 6.70. The van der Waals surface area contributed by atoms with Gasteiger partial charge in [0.05, 0.1) is 22.6 Å². The van der Waals surface area contributed by atoms with Crippen LogP contribution in [-0.4, -0.2) is 87.4 Å². The fraction of sp³-hybridized carbons (Fsp3) is 0.828. The summed E-state index contributed by atoms with van der Waals surface area (Å²) in [5.41, 5.74) is -2.22. The highest BCUT2D eigenvalue weighted by atomic mass is 32.2. The molecule has 0 aromatic heterocycles. The zero-order valence-electron chi connectivity index (χ0n) is 25.9. The highest BCUT2D eigenvalue weighted by Gasteiger charge is 2.47. The predicted octanol–water partition coefficient (Wildman–Crippen LogP) is 2.91. The molecule has 7 unspecified atom stereocenters. The van der Waals surface area contributed by atoms with Gasteiger partial charge >= 0.3 is 5.97 Å². The van der Waals surface area contributed by atoms with E-state index in [1.54, 1.807) is 27.8 Å². The van der Waals surface area contributed by atoms with E-state index in [9.17, 15) is 24.3 Å². The molecule has 2 heterocycles. The van der Waals surface area contributed by atoms with E-state index in [1.165, 1.54) is 23.6 Å². The number of aliphatic hydroxyl groups excluding tert-OH is 1. The Kier molecular flexibility index (Phi) is 11.7. The van der Waals surface area contributed by atoms with E-state index < -0.39 is 53.2 Å². The maximum atomic E-state index is 13.7. The molecule has 0 saturated heterocycles. The second-order valence-electron chi connectivity index (χ2n) is 12.6. The van der Waals surface area contributed by atoms with Crippen molar-refractivity contribution >= 4 is 40.5 Å². The Balaban J connectivity index is 2.51. The Bertz CT molecular complexity index is 986. The number of aliphatic hydroxyl groups is 1. The number of hydrogen-bond donors (Lipinski definition) is 3. The van der Waals surface area contributed by atoms with E-state index in [4.69, 9.17) is 9.73 Å². The van der Waals surface area contributed by atoms with Gasteiger partial charge in [0.15, 0.2) is 0 Å². The first-order chi connectivity index (χ1) is 18.5. The molecule has 2 aliphatic heterocycles. The van der Waals surface area contributed by atoms with E-state index >= 15 is 0 Å². The number of thioether (sulfide) groups is 1. The highest BCUT2D eigenvalue weighted by molar-refractivity contribution is 8.14. The lowest BCUT2D eigenvalue weighted by Gasteiger charge is -2.38. The fourth-order valence-electron chi connectivity index (χ4n) is 5.50. The van der Waals surface area contributed by atoms with Crippen LogP contribution < -0.4 is 10.6 Å². The Morgan fingerprint density at radius 3 is 2.25 bits per heavy atom. The molecule has 0 aromatic rings. The molecular formula is C29H50N4O6S. The number of esters is 1. The Labute approximate surface area is 243 Å². The van der Waals surface area contributed by atoms with E-state index in [2.05, 4.69) is 10.6 Å². The number of nitrogens with zero attached hydrogens (tertiary/aromatic N) is 2. The molecule has 0 aromatic carbocycles. The van der Waals surface area contributed by atoms with Crippen LogP contribution >= 0.6 is 11.8 Å². The van der Waals surface area contributed by atoms with Crippen LogP contribution in [0.25, 0.3) is 0 Å². The minimum atomic E-state index is -1.14. The monoisotopic (exact) mass is 582 g/mol. The second-order valence-corrected chi connectivity index (χ2v) is 13.6. The topological polar surface area (TPSA) is 137 Å². The summed E-state index contributed by atoms with van der Waals surface area (Å²) in [6.07, 6.45) is 1.32. The van der Waals surface area contributed by atoms with Crippen molar-refractivity contribution in [2.45, 2.75) is 124 Å². The van der Waals surface area contributed by atoms with E-state index in [-0.39, 0.29) is 23.7 Å². The molecule has 0 fully saturated rings. The molecule has 0 saturated carbocycles. The van der Waals surface area contributed by atoms with Crippen LogP contribution in [0.3, 0.4) is 0 Å². The molecule has 3 N–H and O–H groups in total. The predicted molar refractivity (Wildman–Crippen MR) is 158 cm³/mol. The largest absolute Gasteiger partial charge is 0.459 e. The standard InChI is InChI=1S/C29H50N4O6S/c1-11-12-20(34)14-13-17(4)22-28(7,8)26(37)31-18(5)24-32-29(9,15-40-24)27(38)33(10)21(16(2)3)23(35)30-19(6)25(36)39-22/h16-22,34H,11-15H2,1-10H3,(H,30,35)(H,31,37). The molecule has 11 heteroatoms. The van der Waals surface area contributed by atoms with Gasteiger partial charge in [-0.2, -0.15) is 0 Å². The van der Waals surface area contributed by atoms with E-state index in [1.807, 2.05) is 34.6 Å². The molecule has 0 aliphatic carbocycles. The third kappa shape index (κ3) is 7.78. The first kappa shape index (κ1) is 34.1. The van der Waals surface area contributed by atoms with Gasteiger partial charge in [0, 0.05) is 12.8 Å². The average Bonchev–Trinajstić information content (AvgIpc) is 3.27. The van der Waals surface area contributed by atoms with Gasteiger partial charge in [0.1, 0.15) is 23.7 Å². The molecular weight excluding hydrogens is 532 g/mol. The summed E-state index contributed by atoms with van der Waals surface area (Å²) in [7, 11) is 1.58. The summed E-state index contributed by atoms with van der Waals surface area (Å²) in [4.78, 5) is 60.2. The van der Waals surface area contributed by atoms with Crippen molar-refractivity contribution in [2.24, 2.45) is 22.2 Å². The number of likely N-dealkylation sites (N-methyl/N-ethyl adjacent to an activating group) is 1. The zero-order chi connectivity index (χ0) is 30.6. The molecule has 228 valence electrons. The number of carbonyl (C=O) groups is 4. The summed E-state index contributed by atoms with van der Waals surface area (Å²) in [5.74, 6) is -1.83. The Morgan fingerprint density at radius 1 is 1.05 bits per heavy atom. The van der Waals surface area contributed by atoms with Crippen molar-refractivity contribution in [3.8, 4) is 0 Å². The summed E-state index contributed by atoms with van der Waals surface area (Å²) < 4.78 is 6.00. The van der Waals surface area contributed by atoms with Crippen molar-refractivity contribution < 1.29 is 29.0 Å². The SMILES string of the molecule is CCCC(O)CCC(C)C1OC(=O)C(C)NC(=O)C(C(C)C)N(C)C(=O)C2(C)CSC(=N2)C(C)NC(=O)C1(C)C. The minimum absolute atomic E-state index is 0.225. The smallest absolute Gasteiger partial charge is 0.328 e. The molecule has 0 spiro atoms. The van der Waals surface area contributed by atoms with Crippen LogP contribution in [0, 0.1) is 17.3 Å². The van der Waals surface area contributed by atoms with E-state index in [0.717, 1.165) is 6.42 Å². The second kappa shape index (κ2) is 13.7. The molecule has 7 atom stereocenters. The first-order valence-electron chi connectivity index (χ1n) is 14.5. The van der Waals surface area contributed by atoms with E-state index in [0.29, 0.717) is 30.1 Å². The van der Waals surface area contributed by atoms with Crippen LogP contribution in [0.15, 0.2) is 4.99 Å². The molecule has 40 heavy (non-hydrogen) atoms. The third-order valence-electron chi connectivity index (χ3n) is 8.02. The molecule has 0 radical (unpaired) electrons. The van der Waals surface area contributed by atoms with Crippen LogP contribution in [0.2, 0.25) is 0 Å². The number of aliphatic imine (C=N–C) groups is 1. The van der Waals surface area contributed by atoms with Crippen LogP contribution in [0.4, 0.5) is 0 Å². The van der Waals surface area contributed by atoms with Gasteiger partial charge in [-0.05, 0) is 65.7 Å². The maximum absolute atomic E-state index is 13.7. The van der Waals surface area contributed by atoms with Crippen molar-refractivity contribution in [3.05, 3.63) is 0 Å². The third-order valence-corrected chi connectivity index (χ3v) is 9.47. The molecule has 2 rings (SSSR count). The number of carbonyl (C=O) groups excluding carboxylic acids is 4. The van der Waals surface area contributed by atoms with Gasteiger partial charge in [-0.25, -0.2) is 4.79 Å². The number of hydrogen-bond acceptors (Lipinski definition) is 8. The van der Waals surface area contributed by atoms with Crippen LogP contribution in [0.1, 0.15) is 88.0 Å². The first-order valence-corrected chi connectivity index (χ1v) is 15.4. The van der Waals surface area contributed by atoms with Gasteiger partial charge in [-0.1, -0.05) is 34.1 Å². The van der Waals surface area contributed by atoms with Crippen LogP contribution in [-0.2, 0) is 23.9 Å². The number of nitrogens with one attached hydrogen (secondary N) is 2. The maximum Gasteiger partial charge on any atom is 0.328 e. The summed E-state index contributed by atoms with van der Waals surface area (Å²) in [6, 6.07) is -2.29. The number of ether oxygens (including phenoxy) is 1. The molecule has 2 bridgehead atoms. The number of rotatable bonds is 7. The van der Waals surface area contributed by atoms with Crippen LogP contribution in [0.5, 0.6) is 0 Å². The quantitative estimate of drug-likeness (QED) is 0.393. The lowest BCUT2D eigenvalue weighted by atomic mass is 9.77. The number of amides is 3. The van der Waals surface area contributed by atoms with Gasteiger partial charge in [0.2, 0.25) is 11.8 Å². The summed E-state index contributed by atoms with van der Waals surface area (Å²) >= 11 is 1.41. The summed E-state index contributed by atoms with van der Waals surface area (Å²) in [6.45, 7) is 16.2. The molecule has 10 nitrogen and oxygen atoms in total. The number of fused-ring (bicyclic) bond motifs is 1. The number of cyclic esters (lactones) is 1. The lowest BCUT2D eigenvalue weighted by molar-refractivity contribution is -0.167. The Morgan fingerprint density at radius 2 is 1.68 bits per heavy atom. The minimum Gasteiger partial charge on any atom is -0.459 e. The lowest BCUT2D eigenvalue weighted by Crippen LogP contribution is -2.58. The zero-order valence-corrected chi connectivity index (χ0v) is 26.7. The normalized spacial score (nSPS) is 31.8.